The van der Waals surface area contributed by atoms with Crippen LogP contribution >= 0.6 is 0 Å². The molecular weight excluding hydrogens is 236 g/mol. The number of nitrogens with zero attached hydrogens (tertiary/aromatic N) is 1. The Hall–Kier alpha value is -1.64. The molecule has 104 valence electrons. The normalized spacial score (nSPS) is 21.7. The highest BCUT2D eigenvalue weighted by Gasteiger charge is 2.23. The van der Waals surface area contributed by atoms with E-state index in [1.807, 2.05) is 13.0 Å². The zero-order valence-electron chi connectivity index (χ0n) is 12.4. The summed E-state index contributed by atoms with van der Waals surface area (Å²) in [5, 5.41) is 2.78. The Morgan fingerprint density at radius 1 is 1.47 bits per heavy atom. The average molecular weight is 260 g/mol. The lowest BCUT2D eigenvalue weighted by atomic mass is 9.88. The van der Waals surface area contributed by atoms with Gasteiger partial charge in [0.1, 0.15) is 0 Å². The second-order valence-electron chi connectivity index (χ2n) is 6.03. The highest BCUT2D eigenvalue weighted by atomic mass is 16.1. The van der Waals surface area contributed by atoms with E-state index in [4.69, 9.17) is 0 Å². The van der Waals surface area contributed by atoms with Crippen molar-refractivity contribution in [2.75, 3.05) is 0 Å². The standard InChI is InChI=1S/C16H24N2O/c1-11(16(4,5)6)9-10-17-12(2)14-7-8-15(19)18-13(14)3/h9-10,14H,1,3,7-8H2,2,4-6H3,(H,18,19)/b10-9-,17-12+. The maximum Gasteiger partial charge on any atom is 0.224 e. The molecule has 0 spiro atoms. The summed E-state index contributed by atoms with van der Waals surface area (Å²) in [5.74, 6) is 0.191. The Labute approximate surface area is 116 Å². The van der Waals surface area contributed by atoms with E-state index in [0.29, 0.717) is 6.42 Å². The quantitative estimate of drug-likeness (QED) is 0.611. The monoisotopic (exact) mass is 260 g/mol. The van der Waals surface area contributed by atoms with Crippen molar-refractivity contribution < 1.29 is 4.79 Å². The molecule has 0 aromatic rings. The molecule has 0 bridgehead atoms. The molecule has 1 atom stereocenters. The van der Waals surface area contributed by atoms with Gasteiger partial charge in [0.25, 0.3) is 0 Å². The van der Waals surface area contributed by atoms with Crippen LogP contribution in [0.4, 0.5) is 0 Å². The lowest BCUT2D eigenvalue weighted by Gasteiger charge is -2.24. The third-order valence-electron chi connectivity index (χ3n) is 3.40. The Morgan fingerprint density at radius 2 is 2.11 bits per heavy atom. The van der Waals surface area contributed by atoms with Gasteiger partial charge in [0.15, 0.2) is 0 Å². The number of carbonyl (C=O) groups excluding carboxylic acids is 1. The Balaban J connectivity index is 2.68. The van der Waals surface area contributed by atoms with Crippen molar-refractivity contribution in [3.63, 3.8) is 0 Å². The number of piperidine rings is 1. The highest BCUT2D eigenvalue weighted by Crippen LogP contribution is 2.24. The second kappa shape index (κ2) is 6.00. The number of carbonyl (C=O) groups is 1. The van der Waals surface area contributed by atoms with E-state index in [1.54, 1.807) is 6.20 Å². The Kier molecular flexibility index (Phi) is 4.87. The maximum atomic E-state index is 11.2. The molecule has 1 saturated heterocycles. The summed E-state index contributed by atoms with van der Waals surface area (Å²) in [5.41, 5.74) is 2.82. The third kappa shape index (κ3) is 4.51. The molecule has 3 heteroatoms. The zero-order chi connectivity index (χ0) is 14.6. The van der Waals surface area contributed by atoms with Gasteiger partial charge >= 0.3 is 0 Å². The molecule has 0 aromatic heterocycles. The summed E-state index contributed by atoms with van der Waals surface area (Å²) in [4.78, 5) is 15.7. The number of amides is 1. The van der Waals surface area contributed by atoms with Crippen molar-refractivity contribution in [3.8, 4) is 0 Å². The molecule has 1 fully saturated rings. The number of allylic oxidation sites excluding steroid dienone is 3. The fourth-order valence-corrected chi connectivity index (χ4v) is 1.82. The number of nitrogens with one attached hydrogen (secondary N) is 1. The molecule has 0 radical (unpaired) electrons. The van der Waals surface area contributed by atoms with Gasteiger partial charge in [0.05, 0.1) is 0 Å². The molecule has 1 aliphatic heterocycles. The van der Waals surface area contributed by atoms with Crippen LogP contribution in [-0.2, 0) is 4.79 Å². The van der Waals surface area contributed by atoms with E-state index in [9.17, 15) is 4.79 Å². The number of aliphatic imine (C=N–C) groups is 1. The minimum atomic E-state index is 0.0469. The van der Waals surface area contributed by atoms with Crippen LogP contribution in [-0.4, -0.2) is 11.6 Å². The first-order valence-electron chi connectivity index (χ1n) is 6.60. The predicted molar refractivity (Wildman–Crippen MR) is 80.9 cm³/mol. The molecule has 1 aliphatic rings. The lowest BCUT2D eigenvalue weighted by Crippen LogP contribution is -2.35. The van der Waals surface area contributed by atoms with Gasteiger partial charge < -0.3 is 5.32 Å². The van der Waals surface area contributed by atoms with E-state index in [2.05, 4.69) is 44.2 Å². The smallest absolute Gasteiger partial charge is 0.224 e. The van der Waals surface area contributed by atoms with Gasteiger partial charge in [0.2, 0.25) is 5.91 Å². The molecule has 3 nitrogen and oxygen atoms in total. The van der Waals surface area contributed by atoms with Gasteiger partial charge in [0, 0.05) is 29.9 Å². The lowest BCUT2D eigenvalue weighted by molar-refractivity contribution is -0.121. The molecular formula is C16H24N2O. The Bertz CT molecular complexity index is 450. The first kappa shape index (κ1) is 15.4. The van der Waals surface area contributed by atoms with Crippen LogP contribution in [0.1, 0.15) is 40.5 Å². The van der Waals surface area contributed by atoms with Crippen LogP contribution in [0, 0.1) is 11.3 Å². The molecule has 0 aromatic carbocycles. The van der Waals surface area contributed by atoms with Crippen molar-refractivity contribution in [1.29, 1.82) is 0 Å². The van der Waals surface area contributed by atoms with Crippen LogP contribution in [0.5, 0.6) is 0 Å². The van der Waals surface area contributed by atoms with Crippen molar-refractivity contribution >= 4 is 11.6 Å². The van der Waals surface area contributed by atoms with Gasteiger partial charge in [-0.15, -0.1) is 0 Å². The summed E-state index contributed by atoms with van der Waals surface area (Å²) in [7, 11) is 0. The fraction of sp³-hybridized carbons (Fsp3) is 0.500. The van der Waals surface area contributed by atoms with Gasteiger partial charge in [-0.1, -0.05) is 33.9 Å². The second-order valence-corrected chi connectivity index (χ2v) is 6.03. The topological polar surface area (TPSA) is 41.5 Å². The van der Waals surface area contributed by atoms with Crippen LogP contribution in [0.2, 0.25) is 0 Å². The van der Waals surface area contributed by atoms with E-state index in [1.165, 1.54) is 0 Å². The molecule has 19 heavy (non-hydrogen) atoms. The van der Waals surface area contributed by atoms with Crippen molar-refractivity contribution in [1.82, 2.24) is 5.32 Å². The summed E-state index contributed by atoms with van der Waals surface area (Å²) in [6.45, 7) is 16.3. The van der Waals surface area contributed by atoms with Gasteiger partial charge in [-0.3, -0.25) is 9.79 Å². The molecule has 1 amide bonds. The van der Waals surface area contributed by atoms with E-state index >= 15 is 0 Å². The van der Waals surface area contributed by atoms with Crippen molar-refractivity contribution in [3.05, 3.63) is 36.7 Å². The number of hydrogen-bond acceptors (Lipinski definition) is 2. The molecule has 1 heterocycles. The molecule has 1 N–H and O–H groups in total. The molecule has 1 rings (SSSR count). The summed E-state index contributed by atoms with van der Waals surface area (Å²) < 4.78 is 0. The number of hydrogen-bond donors (Lipinski definition) is 1. The van der Waals surface area contributed by atoms with E-state index in [0.717, 1.165) is 23.4 Å². The van der Waals surface area contributed by atoms with Crippen LogP contribution in [0.15, 0.2) is 41.7 Å². The van der Waals surface area contributed by atoms with Crippen molar-refractivity contribution in [2.45, 2.75) is 40.5 Å². The third-order valence-corrected chi connectivity index (χ3v) is 3.40. The van der Waals surface area contributed by atoms with Crippen LogP contribution < -0.4 is 5.32 Å². The van der Waals surface area contributed by atoms with E-state index < -0.39 is 0 Å². The predicted octanol–water partition coefficient (Wildman–Crippen LogP) is 3.60. The molecule has 0 saturated carbocycles. The van der Waals surface area contributed by atoms with Crippen LogP contribution in [0.3, 0.4) is 0 Å². The van der Waals surface area contributed by atoms with Gasteiger partial charge in [-0.25, -0.2) is 0 Å². The summed E-state index contributed by atoms with van der Waals surface area (Å²) in [6, 6.07) is 0. The first-order chi connectivity index (χ1) is 8.71. The SMILES string of the molecule is C=C1NC(=O)CCC1/C(C)=N/C=C\C(=C)C(C)(C)C. The first-order valence-corrected chi connectivity index (χ1v) is 6.60. The fourth-order valence-electron chi connectivity index (χ4n) is 1.82. The number of rotatable bonds is 3. The largest absolute Gasteiger partial charge is 0.330 e. The van der Waals surface area contributed by atoms with Gasteiger partial charge in [-0.2, -0.15) is 0 Å². The molecule has 0 aliphatic carbocycles. The van der Waals surface area contributed by atoms with Gasteiger partial charge in [-0.05, 0) is 30.4 Å². The Morgan fingerprint density at radius 3 is 2.63 bits per heavy atom. The minimum Gasteiger partial charge on any atom is -0.330 e. The summed E-state index contributed by atoms with van der Waals surface area (Å²) in [6.07, 6.45) is 5.04. The summed E-state index contributed by atoms with van der Waals surface area (Å²) >= 11 is 0. The van der Waals surface area contributed by atoms with E-state index in [-0.39, 0.29) is 17.2 Å². The minimum absolute atomic E-state index is 0.0469. The van der Waals surface area contributed by atoms with Crippen molar-refractivity contribution in [2.24, 2.45) is 16.3 Å². The average Bonchev–Trinajstić information content (AvgIpc) is 2.27. The van der Waals surface area contributed by atoms with Crippen LogP contribution in [0.25, 0.3) is 0 Å². The molecule has 1 unspecified atom stereocenters. The maximum absolute atomic E-state index is 11.2. The highest BCUT2D eigenvalue weighted by molar-refractivity contribution is 5.91. The zero-order valence-corrected chi connectivity index (χ0v) is 12.4.